The zero-order valence-corrected chi connectivity index (χ0v) is 16.6. The normalized spacial score (nSPS) is 15.0. The van der Waals surface area contributed by atoms with Gasteiger partial charge in [0.1, 0.15) is 6.20 Å². The SMILES string of the molecule is O=c1[nH]c(NCCSCc2ccsc2CN2CCCCC2)ncc1[N+](=O)[O-]. The van der Waals surface area contributed by atoms with Gasteiger partial charge in [-0.05, 0) is 42.9 Å². The minimum atomic E-state index is -0.745. The molecule has 146 valence electrons. The largest absolute Gasteiger partial charge is 0.355 e. The molecule has 1 aliphatic heterocycles. The number of anilines is 1. The van der Waals surface area contributed by atoms with E-state index in [4.69, 9.17) is 0 Å². The summed E-state index contributed by atoms with van der Waals surface area (Å²) in [5.74, 6) is 2.06. The van der Waals surface area contributed by atoms with Gasteiger partial charge in [0.15, 0.2) is 0 Å². The van der Waals surface area contributed by atoms with Crippen molar-refractivity contribution >= 4 is 34.7 Å². The average Bonchev–Trinajstić information content (AvgIpc) is 3.09. The van der Waals surface area contributed by atoms with E-state index < -0.39 is 16.2 Å². The van der Waals surface area contributed by atoms with Gasteiger partial charge in [-0.1, -0.05) is 6.42 Å². The van der Waals surface area contributed by atoms with E-state index >= 15 is 0 Å². The minimum Gasteiger partial charge on any atom is -0.355 e. The van der Waals surface area contributed by atoms with Crippen LogP contribution in [0.1, 0.15) is 29.7 Å². The second kappa shape index (κ2) is 9.86. The summed E-state index contributed by atoms with van der Waals surface area (Å²) in [4.78, 5) is 31.7. The van der Waals surface area contributed by atoms with Gasteiger partial charge in [0, 0.05) is 29.5 Å². The van der Waals surface area contributed by atoms with Crippen molar-refractivity contribution in [3.63, 3.8) is 0 Å². The number of nitro groups is 1. The first-order valence-electron chi connectivity index (χ1n) is 8.96. The molecule has 1 aliphatic rings. The number of aromatic amines is 1. The third-order valence-corrected chi connectivity index (χ3v) is 6.38. The molecule has 1 fully saturated rings. The number of piperidine rings is 1. The van der Waals surface area contributed by atoms with Crippen molar-refractivity contribution in [1.82, 2.24) is 14.9 Å². The first kappa shape index (κ1) is 19.8. The van der Waals surface area contributed by atoms with Crippen LogP contribution in [-0.2, 0) is 12.3 Å². The van der Waals surface area contributed by atoms with E-state index in [2.05, 4.69) is 31.6 Å². The Labute approximate surface area is 165 Å². The summed E-state index contributed by atoms with van der Waals surface area (Å²) < 4.78 is 0. The maximum absolute atomic E-state index is 11.5. The number of nitrogens with zero attached hydrogens (tertiary/aromatic N) is 3. The van der Waals surface area contributed by atoms with Crippen molar-refractivity contribution in [3.8, 4) is 0 Å². The lowest BCUT2D eigenvalue weighted by molar-refractivity contribution is -0.386. The zero-order valence-electron chi connectivity index (χ0n) is 15.0. The summed E-state index contributed by atoms with van der Waals surface area (Å²) in [7, 11) is 0. The molecule has 3 heterocycles. The molecule has 0 aromatic carbocycles. The van der Waals surface area contributed by atoms with Gasteiger partial charge in [0.25, 0.3) is 0 Å². The number of likely N-dealkylation sites (tertiary alicyclic amines) is 1. The van der Waals surface area contributed by atoms with Crippen molar-refractivity contribution in [1.29, 1.82) is 0 Å². The van der Waals surface area contributed by atoms with Crippen LogP contribution in [0.25, 0.3) is 0 Å². The maximum Gasteiger partial charge on any atom is 0.352 e. The number of hydrogen-bond acceptors (Lipinski definition) is 8. The number of rotatable bonds is 9. The van der Waals surface area contributed by atoms with Gasteiger partial charge >= 0.3 is 11.2 Å². The van der Waals surface area contributed by atoms with E-state index in [1.807, 2.05) is 23.1 Å². The molecule has 3 rings (SSSR count). The Morgan fingerprint density at radius 1 is 1.37 bits per heavy atom. The topological polar surface area (TPSA) is 104 Å². The number of H-pyrrole nitrogens is 1. The predicted octanol–water partition coefficient (Wildman–Crippen LogP) is 3.07. The fourth-order valence-corrected chi connectivity index (χ4v) is 4.90. The average molecular weight is 410 g/mol. The van der Waals surface area contributed by atoms with Gasteiger partial charge < -0.3 is 5.32 Å². The van der Waals surface area contributed by atoms with Gasteiger partial charge in [-0.15, -0.1) is 11.3 Å². The zero-order chi connectivity index (χ0) is 19.1. The fraction of sp³-hybridized carbons (Fsp3) is 0.529. The van der Waals surface area contributed by atoms with Crippen molar-refractivity contribution in [2.24, 2.45) is 0 Å². The summed E-state index contributed by atoms with van der Waals surface area (Å²) >= 11 is 3.65. The van der Waals surface area contributed by atoms with Gasteiger partial charge in [-0.3, -0.25) is 24.8 Å². The van der Waals surface area contributed by atoms with E-state index in [0.717, 1.165) is 24.2 Å². The molecule has 0 atom stereocenters. The Kier molecular flexibility index (Phi) is 7.25. The molecule has 0 saturated carbocycles. The van der Waals surface area contributed by atoms with E-state index in [0.29, 0.717) is 6.54 Å². The highest BCUT2D eigenvalue weighted by atomic mass is 32.2. The Balaban J connectivity index is 1.40. The third kappa shape index (κ3) is 5.78. The quantitative estimate of drug-likeness (QED) is 0.372. The third-order valence-electron chi connectivity index (χ3n) is 4.43. The van der Waals surface area contributed by atoms with Crippen molar-refractivity contribution in [3.05, 3.63) is 48.6 Å². The van der Waals surface area contributed by atoms with Crippen LogP contribution in [0.4, 0.5) is 11.6 Å². The standard InChI is InChI=1S/C17H23N5O3S2/c23-16-14(22(24)25)10-19-17(20-16)18-5-9-26-12-13-4-8-27-15(13)11-21-6-2-1-3-7-21/h4,8,10H,1-3,5-7,9,11-12H2,(H2,18,19,20,23). The van der Waals surface area contributed by atoms with Crippen LogP contribution >= 0.6 is 23.1 Å². The molecule has 0 unspecified atom stereocenters. The molecule has 0 radical (unpaired) electrons. The monoisotopic (exact) mass is 409 g/mol. The highest BCUT2D eigenvalue weighted by Gasteiger charge is 2.14. The van der Waals surface area contributed by atoms with Crippen LogP contribution in [0.2, 0.25) is 0 Å². The van der Waals surface area contributed by atoms with Crippen molar-refractivity contribution in [2.45, 2.75) is 31.6 Å². The fourth-order valence-electron chi connectivity index (χ4n) is 2.99. The van der Waals surface area contributed by atoms with Crippen LogP contribution in [0.15, 0.2) is 22.4 Å². The van der Waals surface area contributed by atoms with Crippen LogP contribution in [0.3, 0.4) is 0 Å². The Bertz CT molecular complexity index is 817. The molecule has 0 amide bonds. The molecule has 2 aromatic rings. The Morgan fingerprint density at radius 3 is 2.93 bits per heavy atom. The van der Waals surface area contributed by atoms with Crippen LogP contribution in [-0.4, -0.2) is 45.2 Å². The predicted molar refractivity (Wildman–Crippen MR) is 110 cm³/mol. The molecule has 2 aromatic heterocycles. The second-order valence-corrected chi connectivity index (χ2v) is 8.49. The number of thioether (sulfide) groups is 1. The lowest BCUT2D eigenvalue weighted by Crippen LogP contribution is -2.29. The summed E-state index contributed by atoms with van der Waals surface area (Å²) in [6.45, 7) is 4.08. The Hall–Kier alpha value is -1.91. The van der Waals surface area contributed by atoms with Gasteiger partial charge in [0.2, 0.25) is 5.95 Å². The molecule has 10 heteroatoms. The number of nitrogens with one attached hydrogen (secondary N) is 2. The number of aromatic nitrogens is 2. The van der Waals surface area contributed by atoms with Gasteiger partial charge in [-0.25, -0.2) is 4.98 Å². The highest BCUT2D eigenvalue weighted by Crippen LogP contribution is 2.24. The van der Waals surface area contributed by atoms with Gasteiger partial charge in [0.05, 0.1) is 4.92 Å². The smallest absolute Gasteiger partial charge is 0.352 e. The summed E-state index contributed by atoms with van der Waals surface area (Å²) in [5.41, 5.74) is 0.108. The molecule has 0 aliphatic carbocycles. The molecule has 27 heavy (non-hydrogen) atoms. The number of thiophene rings is 1. The first-order valence-corrected chi connectivity index (χ1v) is 11.0. The van der Waals surface area contributed by atoms with Crippen LogP contribution in [0, 0.1) is 10.1 Å². The number of hydrogen-bond donors (Lipinski definition) is 2. The molecule has 0 spiro atoms. The lowest BCUT2D eigenvalue weighted by atomic mass is 10.1. The Morgan fingerprint density at radius 2 is 2.19 bits per heavy atom. The van der Waals surface area contributed by atoms with Crippen molar-refractivity contribution < 1.29 is 4.92 Å². The van der Waals surface area contributed by atoms with E-state index in [1.54, 1.807) is 0 Å². The first-order chi connectivity index (χ1) is 13.1. The summed E-state index contributed by atoms with van der Waals surface area (Å²) in [6, 6.07) is 2.21. The molecule has 0 bridgehead atoms. The molecule has 8 nitrogen and oxygen atoms in total. The van der Waals surface area contributed by atoms with Gasteiger partial charge in [-0.2, -0.15) is 11.8 Å². The lowest BCUT2D eigenvalue weighted by Gasteiger charge is -2.26. The summed E-state index contributed by atoms with van der Waals surface area (Å²) in [5, 5.41) is 15.8. The minimum absolute atomic E-state index is 0.257. The molecular weight excluding hydrogens is 386 g/mol. The highest BCUT2D eigenvalue weighted by molar-refractivity contribution is 7.98. The van der Waals surface area contributed by atoms with Crippen molar-refractivity contribution in [2.75, 3.05) is 30.7 Å². The molecular formula is C17H23N5O3S2. The second-order valence-electron chi connectivity index (χ2n) is 6.39. The van der Waals surface area contributed by atoms with E-state index in [9.17, 15) is 14.9 Å². The molecule has 1 saturated heterocycles. The van der Waals surface area contributed by atoms with Crippen LogP contribution < -0.4 is 10.9 Å². The van der Waals surface area contributed by atoms with E-state index in [1.165, 1.54) is 42.8 Å². The maximum atomic E-state index is 11.5. The van der Waals surface area contributed by atoms with Crippen LogP contribution in [0.5, 0.6) is 0 Å². The van der Waals surface area contributed by atoms with E-state index in [-0.39, 0.29) is 5.95 Å². The molecule has 2 N–H and O–H groups in total. The summed E-state index contributed by atoms with van der Waals surface area (Å²) in [6.07, 6.45) is 4.94.